The Kier molecular flexibility index (Phi) is 2.98. The van der Waals surface area contributed by atoms with Crippen molar-refractivity contribution in [2.75, 3.05) is 6.61 Å². The van der Waals surface area contributed by atoms with Crippen molar-refractivity contribution in [1.29, 1.82) is 0 Å². The highest BCUT2D eigenvalue weighted by molar-refractivity contribution is 7.09. The molecule has 1 aliphatic carbocycles. The van der Waals surface area contributed by atoms with Crippen molar-refractivity contribution in [3.8, 4) is 0 Å². The van der Waals surface area contributed by atoms with Gasteiger partial charge in [0.05, 0.1) is 12.7 Å². The molecule has 0 unspecified atom stereocenters. The molecule has 0 bridgehead atoms. The van der Waals surface area contributed by atoms with E-state index in [0.717, 1.165) is 25.9 Å². The Morgan fingerprint density at radius 3 is 3.00 bits per heavy atom. The van der Waals surface area contributed by atoms with Gasteiger partial charge in [-0.1, -0.05) is 6.07 Å². The maximum atomic E-state index is 5.66. The van der Waals surface area contributed by atoms with E-state index in [1.54, 1.807) is 11.3 Å². The molecule has 0 atom stereocenters. The molecule has 0 spiro atoms. The second-order valence-electron chi connectivity index (χ2n) is 3.55. The molecule has 2 nitrogen and oxygen atoms in total. The third kappa shape index (κ3) is 2.53. The first-order valence-electron chi connectivity index (χ1n) is 4.74. The van der Waals surface area contributed by atoms with Gasteiger partial charge in [-0.25, -0.2) is 0 Å². The van der Waals surface area contributed by atoms with E-state index in [1.807, 2.05) is 0 Å². The molecule has 1 fully saturated rings. The highest BCUT2D eigenvalue weighted by Crippen LogP contribution is 2.21. The number of thiophene rings is 1. The van der Waals surface area contributed by atoms with Crippen LogP contribution in [-0.4, -0.2) is 18.8 Å². The average Bonchev–Trinajstić information content (AvgIpc) is 2.53. The fraction of sp³-hybridized carbons (Fsp3) is 0.600. The van der Waals surface area contributed by atoms with E-state index in [-0.39, 0.29) is 0 Å². The molecule has 0 aliphatic heterocycles. The van der Waals surface area contributed by atoms with Crippen molar-refractivity contribution in [2.24, 2.45) is 5.73 Å². The molecule has 0 aromatic carbocycles. The lowest BCUT2D eigenvalue weighted by atomic mass is 9.90. The van der Waals surface area contributed by atoms with Crippen LogP contribution in [0.2, 0.25) is 0 Å². The second kappa shape index (κ2) is 4.22. The van der Waals surface area contributed by atoms with Gasteiger partial charge < -0.3 is 10.5 Å². The molecule has 0 radical (unpaired) electrons. The van der Waals surface area contributed by atoms with Crippen molar-refractivity contribution in [1.82, 2.24) is 0 Å². The van der Waals surface area contributed by atoms with Crippen LogP contribution in [0.3, 0.4) is 0 Å². The van der Waals surface area contributed by atoms with Gasteiger partial charge in [-0.3, -0.25) is 0 Å². The summed E-state index contributed by atoms with van der Waals surface area (Å²) in [6.45, 7) is 0.845. The summed E-state index contributed by atoms with van der Waals surface area (Å²) in [5, 5.41) is 2.11. The number of nitrogens with two attached hydrogens (primary N) is 1. The molecule has 0 amide bonds. The van der Waals surface area contributed by atoms with E-state index in [0.29, 0.717) is 12.1 Å². The van der Waals surface area contributed by atoms with Crippen molar-refractivity contribution < 1.29 is 4.74 Å². The second-order valence-corrected chi connectivity index (χ2v) is 4.59. The fourth-order valence-electron chi connectivity index (χ4n) is 1.52. The van der Waals surface area contributed by atoms with Crippen LogP contribution in [0.4, 0.5) is 0 Å². The Labute approximate surface area is 82.7 Å². The first-order chi connectivity index (χ1) is 6.34. The summed E-state index contributed by atoms with van der Waals surface area (Å²) in [7, 11) is 0. The number of hydrogen-bond acceptors (Lipinski definition) is 3. The molecular formula is C10H15NOS. The van der Waals surface area contributed by atoms with Crippen molar-refractivity contribution in [2.45, 2.75) is 31.4 Å². The van der Waals surface area contributed by atoms with Gasteiger partial charge in [-0.15, -0.1) is 11.3 Å². The van der Waals surface area contributed by atoms with Gasteiger partial charge in [0.25, 0.3) is 0 Å². The molecule has 1 aliphatic rings. The molecule has 1 aromatic heterocycles. The van der Waals surface area contributed by atoms with Crippen LogP contribution < -0.4 is 5.73 Å². The molecular weight excluding hydrogens is 182 g/mol. The number of rotatable bonds is 4. The third-order valence-electron chi connectivity index (χ3n) is 2.41. The van der Waals surface area contributed by atoms with Crippen LogP contribution >= 0.6 is 11.3 Å². The highest BCUT2D eigenvalue weighted by Gasteiger charge is 2.26. The van der Waals surface area contributed by atoms with Crippen molar-refractivity contribution >= 4 is 11.3 Å². The van der Waals surface area contributed by atoms with Crippen molar-refractivity contribution in [3.05, 3.63) is 22.4 Å². The quantitative estimate of drug-likeness (QED) is 0.798. The minimum absolute atomic E-state index is 0.395. The number of hydrogen-bond donors (Lipinski definition) is 1. The average molecular weight is 197 g/mol. The van der Waals surface area contributed by atoms with Gasteiger partial charge in [0.15, 0.2) is 0 Å². The minimum atomic E-state index is 0.395. The Morgan fingerprint density at radius 1 is 1.54 bits per heavy atom. The van der Waals surface area contributed by atoms with Gasteiger partial charge in [0.2, 0.25) is 0 Å². The van der Waals surface area contributed by atoms with Gasteiger partial charge in [-0.2, -0.15) is 0 Å². The predicted octanol–water partition coefficient (Wildman–Crippen LogP) is 1.80. The Morgan fingerprint density at radius 2 is 2.38 bits per heavy atom. The molecule has 0 saturated heterocycles. The van der Waals surface area contributed by atoms with E-state index in [9.17, 15) is 0 Å². The summed E-state index contributed by atoms with van der Waals surface area (Å²) >= 11 is 1.80. The third-order valence-corrected chi connectivity index (χ3v) is 3.35. The van der Waals surface area contributed by atoms with Crippen LogP contribution in [0.25, 0.3) is 0 Å². The molecule has 3 heteroatoms. The number of ether oxygens (including phenoxy) is 1. The van der Waals surface area contributed by atoms with E-state index in [4.69, 9.17) is 10.5 Å². The minimum Gasteiger partial charge on any atom is -0.378 e. The maximum Gasteiger partial charge on any atom is 0.0604 e. The summed E-state index contributed by atoms with van der Waals surface area (Å²) in [5.74, 6) is 0. The Balaban J connectivity index is 1.59. The van der Waals surface area contributed by atoms with E-state index >= 15 is 0 Å². The van der Waals surface area contributed by atoms with Gasteiger partial charge in [0, 0.05) is 17.3 Å². The lowest BCUT2D eigenvalue weighted by Crippen LogP contribution is -2.41. The Bertz CT molecular complexity index is 241. The zero-order valence-electron chi connectivity index (χ0n) is 7.61. The standard InChI is InChI=1S/C10H15NOS/c11-8-6-9(7-8)12-4-3-10-2-1-5-13-10/h1-2,5,8-9H,3-4,6-7,11H2. The van der Waals surface area contributed by atoms with Gasteiger partial charge in [0.1, 0.15) is 0 Å². The van der Waals surface area contributed by atoms with E-state index in [2.05, 4.69) is 17.5 Å². The smallest absolute Gasteiger partial charge is 0.0604 e. The van der Waals surface area contributed by atoms with Crippen LogP contribution in [0, 0.1) is 0 Å². The maximum absolute atomic E-state index is 5.66. The normalized spacial score (nSPS) is 27.2. The lowest BCUT2D eigenvalue weighted by Gasteiger charge is -2.32. The summed E-state index contributed by atoms with van der Waals surface area (Å²) in [5.41, 5.74) is 5.66. The highest BCUT2D eigenvalue weighted by atomic mass is 32.1. The van der Waals surface area contributed by atoms with Crippen LogP contribution in [-0.2, 0) is 11.2 Å². The Hall–Kier alpha value is -0.380. The first kappa shape index (κ1) is 9.19. The fourth-order valence-corrected chi connectivity index (χ4v) is 2.21. The summed E-state index contributed by atoms with van der Waals surface area (Å²) in [4.78, 5) is 1.41. The molecule has 2 N–H and O–H groups in total. The SMILES string of the molecule is NC1CC(OCCc2cccs2)C1. The van der Waals surface area contributed by atoms with Crippen LogP contribution in [0.5, 0.6) is 0 Å². The van der Waals surface area contributed by atoms with E-state index in [1.165, 1.54) is 4.88 Å². The van der Waals surface area contributed by atoms with Crippen molar-refractivity contribution in [3.63, 3.8) is 0 Å². The molecule has 1 heterocycles. The molecule has 13 heavy (non-hydrogen) atoms. The largest absolute Gasteiger partial charge is 0.378 e. The zero-order valence-corrected chi connectivity index (χ0v) is 8.43. The molecule has 2 rings (SSSR count). The summed E-state index contributed by atoms with van der Waals surface area (Å²) in [6, 6.07) is 4.63. The van der Waals surface area contributed by atoms with Crippen LogP contribution in [0.1, 0.15) is 17.7 Å². The predicted molar refractivity (Wildman–Crippen MR) is 55.0 cm³/mol. The topological polar surface area (TPSA) is 35.2 Å². The summed E-state index contributed by atoms with van der Waals surface area (Å²) < 4.78 is 5.65. The van der Waals surface area contributed by atoms with Crippen LogP contribution in [0.15, 0.2) is 17.5 Å². The molecule has 1 aromatic rings. The zero-order chi connectivity index (χ0) is 9.10. The lowest BCUT2D eigenvalue weighted by molar-refractivity contribution is -0.00641. The van der Waals surface area contributed by atoms with Gasteiger partial charge >= 0.3 is 0 Å². The monoisotopic (exact) mass is 197 g/mol. The molecule has 72 valence electrons. The van der Waals surface area contributed by atoms with E-state index < -0.39 is 0 Å². The first-order valence-corrected chi connectivity index (χ1v) is 5.62. The summed E-state index contributed by atoms with van der Waals surface area (Å²) in [6.07, 6.45) is 3.58. The van der Waals surface area contributed by atoms with Gasteiger partial charge in [-0.05, 0) is 24.3 Å². The molecule has 1 saturated carbocycles.